The first-order chi connectivity index (χ1) is 11.4. The minimum absolute atomic E-state index is 0. The van der Waals surface area contributed by atoms with Crippen LogP contribution in [0.1, 0.15) is 50.7 Å². The van der Waals surface area contributed by atoms with Crippen molar-refractivity contribution in [2.45, 2.75) is 57.4 Å². The van der Waals surface area contributed by atoms with Gasteiger partial charge >= 0.3 is 0 Å². The molecule has 2 N–H and O–H groups in total. The molecule has 6 heteroatoms. The number of rotatable bonds is 9. The van der Waals surface area contributed by atoms with Crippen LogP contribution in [0.25, 0.3) is 0 Å². The highest BCUT2D eigenvalue weighted by Gasteiger charge is 2.14. The van der Waals surface area contributed by atoms with Crippen molar-refractivity contribution in [1.82, 2.24) is 10.6 Å². The minimum Gasteiger partial charge on any atom is -0.469 e. The summed E-state index contributed by atoms with van der Waals surface area (Å²) in [7, 11) is 0. The topological polar surface area (TPSA) is 49.6 Å². The van der Waals surface area contributed by atoms with E-state index < -0.39 is 0 Å². The van der Waals surface area contributed by atoms with Crippen molar-refractivity contribution in [1.29, 1.82) is 0 Å². The summed E-state index contributed by atoms with van der Waals surface area (Å²) >= 11 is 1.91. The van der Waals surface area contributed by atoms with Crippen molar-refractivity contribution in [2.75, 3.05) is 25.1 Å². The summed E-state index contributed by atoms with van der Waals surface area (Å²) in [5, 5.41) is 7.10. The summed E-state index contributed by atoms with van der Waals surface area (Å²) < 4.78 is 5.39. The molecule has 2 rings (SSSR count). The quantitative estimate of drug-likeness (QED) is 0.245. The highest BCUT2D eigenvalue weighted by atomic mass is 127. The van der Waals surface area contributed by atoms with E-state index in [0.29, 0.717) is 6.04 Å². The third-order valence-electron chi connectivity index (χ3n) is 4.22. The van der Waals surface area contributed by atoms with E-state index in [2.05, 4.69) is 16.9 Å². The molecule has 0 aromatic carbocycles. The predicted molar refractivity (Wildman–Crippen MR) is 116 cm³/mol. The molecule has 0 saturated heterocycles. The van der Waals surface area contributed by atoms with Gasteiger partial charge in [-0.25, -0.2) is 0 Å². The Balaban J connectivity index is 0.00000288. The predicted octanol–water partition coefficient (Wildman–Crippen LogP) is 4.45. The van der Waals surface area contributed by atoms with Gasteiger partial charge in [-0.05, 0) is 49.8 Å². The molecular weight excluding hydrogens is 433 g/mol. The average molecular weight is 465 g/mol. The first kappa shape index (κ1) is 21.7. The van der Waals surface area contributed by atoms with E-state index in [0.717, 1.165) is 37.7 Å². The number of hydrogen-bond donors (Lipinski definition) is 2. The molecule has 1 heterocycles. The van der Waals surface area contributed by atoms with Gasteiger partial charge in [-0.15, -0.1) is 24.0 Å². The van der Waals surface area contributed by atoms with Crippen LogP contribution in [-0.4, -0.2) is 37.1 Å². The Labute approximate surface area is 168 Å². The molecule has 1 aliphatic carbocycles. The molecule has 1 saturated carbocycles. The van der Waals surface area contributed by atoms with Crippen LogP contribution < -0.4 is 10.6 Å². The summed E-state index contributed by atoms with van der Waals surface area (Å²) in [6.07, 6.45) is 13.8. The van der Waals surface area contributed by atoms with Crippen LogP contribution in [0.15, 0.2) is 27.8 Å². The van der Waals surface area contributed by atoms with Gasteiger partial charge in [-0.3, -0.25) is 4.99 Å². The zero-order valence-electron chi connectivity index (χ0n) is 14.8. The molecule has 0 bridgehead atoms. The molecule has 0 radical (unpaired) electrons. The van der Waals surface area contributed by atoms with Crippen molar-refractivity contribution in [3.05, 3.63) is 24.2 Å². The number of unbranched alkanes of at least 4 members (excludes halogenated alkanes) is 1. The number of guanidine groups is 1. The van der Waals surface area contributed by atoms with Crippen molar-refractivity contribution < 1.29 is 4.42 Å². The highest BCUT2D eigenvalue weighted by molar-refractivity contribution is 14.0. The number of furan rings is 1. The normalized spacial score (nSPS) is 15.8. The zero-order chi connectivity index (χ0) is 16.2. The molecule has 138 valence electrons. The number of hydrogen-bond acceptors (Lipinski definition) is 3. The fourth-order valence-corrected chi connectivity index (χ4v) is 3.39. The van der Waals surface area contributed by atoms with Crippen LogP contribution in [0.5, 0.6) is 0 Å². The summed E-state index contributed by atoms with van der Waals surface area (Å²) in [4.78, 5) is 4.76. The van der Waals surface area contributed by atoms with Crippen LogP contribution >= 0.6 is 35.7 Å². The second-order valence-electron chi connectivity index (χ2n) is 6.17. The van der Waals surface area contributed by atoms with Crippen LogP contribution in [0.2, 0.25) is 0 Å². The van der Waals surface area contributed by atoms with E-state index in [1.54, 1.807) is 6.26 Å². The van der Waals surface area contributed by atoms with Gasteiger partial charge in [0.25, 0.3) is 0 Å². The molecule has 0 amide bonds. The van der Waals surface area contributed by atoms with Gasteiger partial charge in [0.15, 0.2) is 5.96 Å². The Kier molecular flexibility index (Phi) is 12.5. The molecule has 1 fully saturated rings. The molecule has 0 spiro atoms. The SMILES string of the molecule is CSCCCCN=C(NCCc1ccco1)NC1CCCCC1.I. The zero-order valence-corrected chi connectivity index (χ0v) is 17.9. The van der Waals surface area contributed by atoms with Crippen LogP contribution in [0.4, 0.5) is 0 Å². The number of aliphatic imine (C=N–C) groups is 1. The lowest BCUT2D eigenvalue weighted by atomic mass is 9.96. The molecule has 24 heavy (non-hydrogen) atoms. The van der Waals surface area contributed by atoms with Crippen LogP contribution in [0, 0.1) is 0 Å². The van der Waals surface area contributed by atoms with Crippen molar-refractivity contribution >= 4 is 41.7 Å². The van der Waals surface area contributed by atoms with Crippen molar-refractivity contribution in [3.63, 3.8) is 0 Å². The van der Waals surface area contributed by atoms with E-state index in [1.807, 2.05) is 23.9 Å². The van der Waals surface area contributed by atoms with Gasteiger partial charge < -0.3 is 15.1 Å². The first-order valence-corrected chi connectivity index (χ1v) is 10.3. The average Bonchev–Trinajstić information content (AvgIpc) is 3.09. The maximum atomic E-state index is 5.39. The van der Waals surface area contributed by atoms with Crippen molar-refractivity contribution in [3.8, 4) is 0 Å². The summed E-state index contributed by atoms with van der Waals surface area (Å²) in [5.41, 5.74) is 0. The summed E-state index contributed by atoms with van der Waals surface area (Å²) in [6.45, 7) is 1.76. The van der Waals surface area contributed by atoms with Gasteiger partial charge in [0, 0.05) is 25.6 Å². The first-order valence-electron chi connectivity index (χ1n) is 8.94. The highest BCUT2D eigenvalue weighted by Crippen LogP contribution is 2.17. The Morgan fingerprint density at radius 3 is 2.83 bits per heavy atom. The molecule has 1 aromatic rings. The summed E-state index contributed by atoms with van der Waals surface area (Å²) in [6, 6.07) is 4.55. The van der Waals surface area contributed by atoms with E-state index in [-0.39, 0.29) is 24.0 Å². The number of halogens is 1. The third-order valence-corrected chi connectivity index (χ3v) is 4.91. The lowest BCUT2D eigenvalue weighted by molar-refractivity contribution is 0.409. The van der Waals surface area contributed by atoms with Gasteiger partial charge in [0.2, 0.25) is 0 Å². The van der Waals surface area contributed by atoms with E-state index in [4.69, 9.17) is 9.41 Å². The monoisotopic (exact) mass is 465 g/mol. The van der Waals surface area contributed by atoms with E-state index >= 15 is 0 Å². The second kappa shape index (κ2) is 13.9. The van der Waals surface area contributed by atoms with Crippen LogP contribution in [-0.2, 0) is 6.42 Å². The maximum Gasteiger partial charge on any atom is 0.191 e. The fraction of sp³-hybridized carbons (Fsp3) is 0.722. The summed E-state index contributed by atoms with van der Waals surface area (Å²) in [5.74, 6) is 3.23. The maximum absolute atomic E-state index is 5.39. The Hall–Kier alpha value is -0.370. The Morgan fingerprint density at radius 1 is 1.29 bits per heavy atom. The standard InChI is InChI=1S/C18H31N3OS.HI/c1-23-15-6-5-12-19-18(21-16-8-3-2-4-9-16)20-13-11-17-10-7-14-22-17;/h7,10,14,16H,2-6,8-9,11-13,15H2,1H3,(H2,19,20,21);1H. The van der Waals surface area contributed by atoms with Crippen LogP contribution in [0.3, 0.4) is 0 Å². The van der Waals surface area contributed by atoms with Gasteiger partial charge in [-0.1, -0.05) is 19.3 Å². The molecule has 0 aliphatic heterocycles. The molecular formula is C18H32IN3OS. The van der Waals surface area contributed by atoms with Gasteiger partial charge in [-0.2, -0.15) is 11.8 Å². The second-order valence-corrected chi connectivity index (χ2v) is 7.15. The van der Waals surface area contributed by atoms with Crippen molar-refractivity contribution in [2.24, 2.45) is 4.99 Å². The fourth-order valence-electron chi connectivity index (χ4n) is 2.90. The molecule has 4 nitrogen and oxygen atoms in total. The smallest absolute Gasteiger partial charge is 0.191 e. The van der Waals surface area contributed by atoms with E-state index in [9.17, 15) is 0 Å². The Morgan fingerprint density at radius 2 is 2.12 bits per heavy atom. The Bertz CT molecular complexity index is 433. The number of nitrogens with zero attached hydrogens (tertiary/aromatic N) is 1. The van der Waals surface area contributed by atoms with Gasteiger partial charge in [0.05, 0.1) is 6.26 Å². The molecule has 0 atom stereocenters. The number of nitrogens with one attached hydrogen (secondary N) is 2. The molecule has 0 unspecified atom stereocenters. The minimum atomic E-state index is 0. The van der Waals surface area contributed by atoms with Gasteiger partial charge in [0.1, 0.15) is 5.76 Å². The number of thioether (sulfide) groups is 1. The van der Waals surface area contributed by atoms with E-state index in [1.165, 1.54) is 44.3 Å². The molecule has 1 aliphatic rings. The largest absolute Gasteiger partial charge is 0.469 e. The third kappa shape index (κ3) is 9.20. The molecule has 1 aromatic heterocycles. The lowest BCUT2D eigenvalue weighted by Crippen LogP contribution is -2.45. The lowest BCUT2D eigenvalue weighted by Gasteiger charge is -2.25.